The fourth-order valence-electron chi connectivity index (χ4n) is 0. The molecule has 0 saturated heterocycles. The molecule has 0 aliphatic heterocycles. The summed E-state index contributed by atoms with van der Waals surface area (Å²) in [5.41, 5.74) is 0. The third-order valence-electron chi connectivity index (χ3n) is 0. The summed E-state index contributed by atoms with van der Waals surface area (Å²) in [7, 11) is 0. The summed E-state index contributed by atoms with van der Waals surface area (Å²) in [5.74, 6) is 0. The summed E-state index contributed by atoms with van der Waals surface area (Å²) >= 11 is 0. The Morgan fingerprint density at radius 2 is 1.33 bits per heavy atom. The zero-order chi connectivity index (χ0) is 3.58. The van der Waals surface area contributed by atoms with Gasteiger partial charge in [0.15, 0.2) is 0 Å². The van der Waals surface area contributed by atoms with Crippen molar-refractivity contribution in [2.75, 3.05) is 0 Å². The molecule has 6 heavy (non-hydrogen) atoms. The molecule has 0 unspecified atom stereocenters. The van der Waals surface area contributed by atoms with Crippen molar-refractivity contribution in [3.8, 4) is 0 Å². The zero-order valence-electron chi connectivity index (χ0n) is 3.17. The Bertz CT molecular complexity index is 30.5. The molecule has 0 atom stereocenters. The summed E-state index contributed by atoms with van der Waals surface area (Å²) in [5, 5.41) is 16.7. The van der Waals surface area contributed by atoms with Crippen LogP contribution in [0.25, 0.3) is 0 Å². The first-order chi connectivity index (χ1) is 1.73. The van der Waals surface area contributed by atoms with Gasteiger partial charge in [0.25, 0.3) is 0 Å². The first-order valence-corrected chi connectivity index (χ1v) is 0.612. The summed E-state index contributed by atoms with van der Waals surface area (Å²) < 4.78 is 0. The van der Waals surface area contributed by atoms with E-state index in [1.165, 1.54) is 0 Å². The van der Waals surface area contributed by atoms with Crippen LogP contribution in [0.3, 0.4) is 0 Å². The van der Waals surface area contributed by atoms with Gasteiger partial charge >= 0.3 is 29.6 Å². The van der Waals surface area contributed by atoms with E-state index < -0.39 is 6.16 Å². The van der Waals surface area contributed by atoms with Crippen molar-refractivity contribution >= 4 is 6.16 Å². The van der Waals surface area contributed by atoms with Crippen LogP contribution in [-0.4, -0.2) is 11.6 Å². The van der Waals surface area contributed by atoms with Crippen LogP contribution < -0.4 is 39.8 Å². The molecule has 0 amide bonds. The van der Waals surface area contributed by atoms with E-state index in [4.69, 9.17) is 15.0 Å². The van der Waals surface area contributed by atoms with Gasteiger partial charge in [0.1, 0.15) is 0 Å². The van der Waals surface area contributed by atoms with Crippen LogP contribution in [0.5, 0.6) is 0 Å². The molecule has 4 nitrogen and oxygen atoms in total. The van der Waals surface area contributed by atoms with Gasteiger partial charge in [-0.2, -0.15) is 0 Å². The number of carbonyl (C=O) groups excluding carboxylic acids is 1. The molecular formula is CHNaO4-2. The Morgan fingerprint density at radius 3 is 1.33 bits per heavy atom. The Balaban J connectivity index is -0.0000000450. The molecule has 0 spiro atoms. The monoisotopic (exact) mass is 100.0 g/mol. The Labute approximate surface area is 56.4 Å². The molecule has 0 aliphatic carbocycles. The van der Waals surface area contributed by atoms with Gasteiger partial charge < -0.3 is 20.5 Å². The maximum atomic E-state index is 8.33. The predicted octanol–water partition coefficient (Wildman–Crippen LogP) is -5.62. The Morgan fingerprint density at radius 1 is 1.33 bits per heavy atom. The van der Waals surface area contributed by atoms with Gasteiger partial charge in [-0.25, -0.2) is 0 Å². The molecule has 0 bridgehead atoms. The SMILES string of the molecule is O=C([O-])[O-].[Na+].[OH-]. The minimum absolute atomic E-state index is 0. The quantitative estimate of drug-likeness (QED) is 0.283. The van der Waals surface area contributed by atoms with Crippen LogP contribution in [0.2, 0.25) is 0 Å². The van der Waals surface area contributed by atoms with Gasteiger partial charge in [-0.05, 0) is 6.16 Å². The van der Waals surface area contributed by atoms with E-state index in [1.807, 2.05) is 0 Å². The average molecular weight is 100 g/mol. The van der Waals surface area contributed by atoms with E-state index in [1.54, 1.807) is 0 Å². The second-order valence-electron chi connectivity index (χ2n) is 0.250. The largest absolute Gasteiger partial charge is 1.00 e. The molecule has 5 heteroatoms. The molecule has 0 aromatic carbocycles. The molecule has 1 N–H and O–H groups in total. The summed E-state index contributed by atoms with van der Waals surface area (Å²) in [6, 6.07) is 0. The molecule has 0 radical (unpaired) electrons. The van der Waals surface area contributed by atoms with Crippen molar-refractivity contribution in [2.24, 2.45) is 0 Å². The summed E-state index contributed by atoms with van der Waals surface area (Å²) in [6.07, 6.45) is -2.33. The van der Waals surface area contributed by atoms with Crippen LogP contribution in [0.1, 0.15) is 0 Å². The number of rotatable bonds is 0. The van der Waals surface area contributed by atoms with Crippen molar-refractivity contribution in [3.63, 3.8) is 0 Å². The van der Waals surface area contributed by atoms with Crippen LogP contribution in [0.15, 0.2) is 0 Å². The topological polar surface area (TPSA) is 93.2 Å². The van der Waals surface area contributed by atoms with Crippen LogP contribution in [0.4, 0.5) is 4.79 Å². The molecule has 32 valence electrons. The van der Waals surface area contributed by atoms with E-state index in [9.17, 15) is 0 Å². The maximum absolute atomic E-state index is 8.33. The molecule has 0 saturated carbocycles. The van der Waals surface area contributed by atoms with Crippen LogP contribution in [-0.2, 0) is 0 Å². The van der Waals surface area contributed by atoms with Gasteiger partial charge in [-0.3, -0.25) is 0 Å². The van der Waals surface area contributed by atoms with Crippen molar-refractivity contribution in [3.05, 3.63) is 0 Å². The standard InChI is InChI=1S/CH2O3.Na.H2O/c2-1(3)4;;/h(H2,2,3,4);;1H2/q;+1;/p-3. The molecule has 0 aromatic rings. The van der Waals surface area contributed by atoms with Crippen molar-refractivity contribution in [1.82, 2.24) is 0 Å². The Hall–Kier alpha value is 0.230. The van der Waals surface area contributed by atoms with Gasteiger partial charge in [-0.1, -0.05) is 0 Å². The Kier molecular flexibility index (Phi) is 24.4. The number of hydrogen-bond acceptors (Lipinski definition) is 4. The molecular weight excluding hydrogens is 99.0 g/mol. The van der Waals surface area contributed by atoms with E-state index in [0.717, 1.165) is 0 Å². The molecule has 0 aliphatic rings. The van der Waals surface area contributed by atoms with Crippen molar-refractivity contribution in [1.29, 1.82) is 0 Å². The van der Waals surface area contributed by atoms with Gasteiger partial charge in [0, 0.05) is 0 Å². The van der Waals surface area contributed by atoms with E-state index in [0.29, 0.717) is 0 Å². The summed E-state index contributed by atoms with van der Waals surface area (Å²) in [6.45, 7) is 0. The molecule has 0 aromatic heterocycles. The van der Waals surface area contributed by atoms with Gasteiger partial charge in [0.05, 0.1) is 0 Å². The number of carbonyl (C=O) groups is 1. The van der Waals surface area contributed by atoms with Gasteiger partial charge in [0.2, 0.25) is 0 Å². The van der Waals surface area contributed by atoms with E-state index >= 15 is 0 Å². The predicted molar refractivity (Wildman–Crippen MR) is 7.33 cm³/mol. The third-order valence-corrected chi connectivity index (χ3v) is 0. The molecule has 0 rings (SSSR count). The minimum Gasteiger partial charge on any atom is -0.870 e. The van der Waals surface area contributed by atoms with E-state index in [2.05, 4.69) is 0 Å². The third kappa shape index (κ3) is 834. The number of hydrogen-bond donors (Lipinski definition) is 0. The summed E-state index contributed by atoms with van der Waals surface area (Å²) in [4.78, 5) is 8.33. The smallest absolute Gasteiger partial charge is 0.870 e. The first-order valence-electron chi connectivity index (χ1n) is 0.612. The minimum atomic E-state index is -2.33. The second-order valence-corrected chi connectivity index (χ2v) is 0.250. The molecule has 0 heterocycles. The maximum Gasteiger partial charge on any atom is 1.00 e. The van der Waals surface area contributed by atoms with Gasteiger partial charge in [-0.15, -0.1) is 0 Å². The van der Waals surface area contributed by atoms with E-state index in [-0.39, 0.29) is 35.0 Å². The van der Waals surface area contributed by atoms with Crippen LogP contribution in [0, 0.1) is 0 Å². The average Bonchev–Trinajstić information content (AvgIpc) is 0.811. The second kappa shape index (κ2) is 8.97. The first kappa shape index (κ1) is 16.3. The van der Waals surface area contributed by atoms with Crippen LogP contribution >= 0.6 is 0 Å². The molecule has 0 fully saturated rings. The number of carboxylic acid groups (broad SMARTS) is 2. The zero-order valence-corrected chi connectivity index (χ0v) is 5.17. The fraction of sp³-hybridized carbons (Fsp3) is 0. The van der Waals surface area contributed by atoms with Crippen molar-refractivity contribution in [2.45, 2.75) is 0 Å². The fourth-order valence-corrected chi connectivity index (χ4v) is 0. The van der Waals surface area contributed by atoms with Crippen molar-refractivity contribution < 1.29 is 50.0 Å². The normalized spacial score (nSPS) is 4.00.